The number of nitrogens with one attached hydrogen (secondary N) is 1. The first-order valence-electron chi connectivity index (χ1n) is 7.82. The number of nitrogens with zero attached hydrogens (tertiary/aromatic N) is 4. The van der Waals surface area contributed by atoms with Gasteiger partial charge in [-0.25, -0.2) is 9.48 Å². The molecule has 0 radical (unpaired) electrons. The molecule has 1 amide bonds. The summed E-state index contributed by atoms with van der Waals surface area (Å²) < 4.78 is 13.0. The topological polar surface area (TPSA) is 100 Å². The second-order valence-electron chi connectivity index (χ2n) is 5.42. The number of aromatic nitrogens is 4. The summed E-state index contributed by atoms with van der Waals surface area (Å²) in [5, 5.41) is 11.2. The van der Waals surface area contributed by atoms with Crippen molar-refractivity contribution in [3.63, 3.8) is 0 Å². The fourth-order valence-corrected chi connectivity index (χ4v) is 2.50. The fourth-order valence-electron chi connectivity index (χ4n) is 2.31. The minimum Gasteiger partial charge on any atom is -0.470 e. The average Bonchev–Trinajstić information content (AvgIpc) is 3.27. The van der Waals surface area contributed by atoms with E-state index in [1.165, 1.54) is 28.7 Å². The molecule has 0 saturated heterocycles. The van der Waals surface area contributed by atoms with Gasteiger partial charge in [0, 0.05) is 13.2 Å². The van der Waals surface area contributed by atoms with Crippen LogP contribution in [0, 0.1) is 0 Å². The third-order valence-corrected chi connectivity index (χ3v) is 3.94. The summed E-state index contributed by atoms with van der Waals surface area (Å²) >= 11 is 6.03. The molecule has 0 aliphatic heterocycles. The Morgan fingerprint density at radius 1 is 1.26 bits per heavy atom. The van der Waals surface area contributed by atoms with Crippen LogP contribution in [-0.4, -0.2) is 38.5 Å². The zero-order valence-electron chi connectivity index (χ0n) is 14.5. The summed E-state index contributed by atoms with van der Waals surface area (Å²) in [4.78, 5) is 24.2. The third kappa shape index (κ3) is 4.09. The van der Waals surface area contributed by atoms with Crippen molar-refractivity contribution in [3.05, 3.63) is 59.1 Å². The van der Waals surface area contributed by atoms with Crippen LogP contribution in [-0.2, 0) is 18.5 Å². The van der Waals surface area contributed by atoms with Crippen LogP contribution in [0.5, 0.6) is 5.75 Å². The number of amides is 1. The molecular weight excluding hydrogens is 374 g/mol. The average molecular weight is 390 g/mol. The molecule has 1 N–H and O–H groups in total. The second kappa shape index (κ2) is 7.92. The molecular formula is C17H16ClN5O4. The molecule has 2 heterocycles. The van der Waals surface area contributed by atoms with Gasteiger partial charge >= 0.3 is 5.97 Å². The molecule has 3 aromatic rings. The number of ether oxygens (including phenoxy) is 2. The number of carbonyl (C=O) groups excluding carboxylic acids is 2. The van der Waals surface area contributed by atoms with Crippen LogP contribution in [0.2, 0.25) is 5.02 Å². The Kier molecular flexibility index (Phi) is 5.41. The maximum Gasteiger partial charge on any atom is 0.358 e. The highest BCUT2D eigenvalue weighted by atomic mass is 35.5. The third-order valence-electron chi connectivity index (χ3n) is 3.63. The Labute approximate surface area is 159 Å². The Hall–Kier alpha value is -3.33. The predicted molar refractivity (Wildman–Crippen MR) is 96.8 cm³/mol. The summed E-state index contributed by atoms with van der Waals surface area (Å²) in [6.45, 7) is 0.0807. The summed E-state index contributed by atoms with van der Waals surface area (Å²) in [5.41, 5.74) is 0.515. The van der Waals surface area contributed by atoms with Crippen molar-refractivity contribution in [2.24, 2.45) is 7.05 Å². The largest absolute Gasteiger partial charge is 0.470 e. The predicted octanol–water partition coefficient (Wildman–Crippen LogP) is 2.35. The van der Waals surface area contributed by atoms with Crippen LogP contribution in [0.3, 0.4) is 0 Å². The highest BCUT2D eigenvalue weighted by Crippen LogP contribution is 2.23. The zero-order valence-corrected chi connectivity index (χ0v) is 15.3. The molecule has 140 valence electrons. The van der Waals surface area contributed by atoms with E-state index in [0.29, 0.717) is 10.8 Å². The molecule has 9 nitrogen and oxygen atoms in total. The monoisotopic (exact) mass is 389 g/mol. The van der Waals surface area contributed by atoms with Crippen LogP contribution in [0.15, 0.2) is 42.7 Å². The quantitative estimate of drug-likeness (QED) is 0.649. The SMILES string of the molecule is COC(=O)c1c(NC(=O)c2ccn(COc3ccccc3Cl)n2)cnn1C. The van der Waals surface area contributed by atoms with Crippen LogP contribution >= 0.6 is 11.6 Å². The van der Waals surface area contributed by atoms with Crippen molar-refractivity contribution < 1.29 is 19.1 Å². The minimum atomic E-state index is -0.607. The lowest BCUT2D eigenvalue weighted by atomic mass is 10.3. The molecule has 0 unspecified atom stereocenters. The number of rotatable bonds is 6. The Balaban J connectivity index is 1.67. The molecule has 27 heavy (non-hydrogen) atoms. The lowest BCUT2D eigenvalue weighted by molar-refractivity contribution is 0.0589. The Morgan fingerprint density at radius 2 is 2.04 bits per heavy atom. The molecule has 0 saturated carbocycles. The van der Waals surface area contributed by atoms with Gasteiger partial charge < -0.3 is 14.8 Å². The van der Waals surface area contributed by atoms with E-state index in [1.807, 2.05) is 0 Å². The molecule has 0 aliphatic carbocycles. The smallest absolute Gasteiger partial charge is 0.358 e. The summed E-state index contributed by atoms with van der Waals surface area (Å²) in [6, 6.07) is 8.57. The molecule has 3 rings (SSSR count). The fraction of sp³-hybridized carbons (Fsp3) is 0.176. The Bertz CT molecular complexity index is 981. The number of anilines is 1. The number of benzene rings is 1. The number of esters is 1. The molecule has 0 aliphatic rings. The van der Waals surface area contributed by atoms with E-state index < -0.39 is 11.9 Å². The van der Waals surface area contributed by atoms with Crippen LogP contribution in [0.25, 0.3) is 0 Å². The van der Waals surface area contributed by atoms with Crippen molar-refractivity contribution in [2.75, 3.05) is 12.4 Å². The van der Waals surface area contributed by atoms with E-state index in [0.717, 1.165) is 0 Å². The van der Waals surface area contributed by atoms with Crippen molar-refractivity contribution in [3.8, 4) is 5.75 Å². The second-order valence-corrected chi connectivity index (χ2v) is 5.83. The van der Waals surface area contributed by atoms with Crippen molar-refractivity contribution in [1.82, 2.24) is 19.6 Å². The minimum absolute atomic E-state index is 0.0807. The highest BCUT2D eigenvalue weighted by molar-refractivity contribution is 6.32. The molecule has 0 bridgehead atoms. The summed E-state index contributed by atoms with van der Waals surface area (Å²) in [7, 11) is 2.82. The maximum absolute atomic E-state index is 12.4. The molecule has 0 fully saturated rings. The number of aryl methyl sites for hydroxylation is 1. The van der Waals surface area contributed by atoms with Gasteiger partial charge in [0.25, 0.3) is 5.91 Å². The van der Waals surface area contributed by atoms with Gasteiger partial charge in [0.05, 0.1) is 24.0 Å². The number of halogens is 1. The zero-order chi connectivity index (χ0) is 19.4. The number of methoxy groups -OCH3 is 1. The van der Waals surface area contributed by atoms with Gasteiger partial charge in [0.1, 0.15) is 5.75 Å². The van der Waals surface area contributed by atoms with Gasteiger partial charge in [0.15, 0.2) is 18.1 Å². The van der Waals surface area contributed by atoms with E-state index in [9.17, 15) is 9.59 Å². The van der Waals surface area contributed by atoms with E-state index in [1.54, 1.807) is 37.5 Å². The molecule has 0 spiro atoms. The summed E-state index contributed by atoms with van der Waals surface area (Å²) in [6.07, 6.45) is 2.96. The van der Waals surface area contributed by atoms with Crippen molar-refractivity contribution in [1.29, 1.82) is 0 Å². The van der Waals surface area contributed by atoms with Gasteiger partial charge in [-0.05, 0) is 18.2 Å². The Morgan fingerprint density at radius 3 is 2.78 bits per heavy atom. The lowest BCUT2D eigenvalue weighted by Crippen LogP contribution is -2.17. The van der Waals surface area contributed by atoms with Crippen LogP contribution < -0.4 is 10.1 Å². The van der Waals surface area contributed by atoms with Crippen LogP contribution in [0.4, 0.5) is 5.69 Å². The first kappa shape index (κ1) is 18.5. The summed E-state index contributed by atoms with van der Waals surface area (Å²) in [5.74, 6) is -0.590. The van der Waals surface area contributed by atoms with Gasteiger partial charge in [-0.2, -0.15) is 10.2 Å². The first-order valence-corrected chi connectivity index (χ1v) is 8.20. The lowest BCUT2D eigenvalue weighted by Gasteiger charge is -2.07. The number of hydrogen-bond donors (Lipinski definition) is 1. The molecule has 10 heteroatoms. The first-order chi connectivity index (χ1) is 13.0. The van der Waals surface area contributed by atoms with Gasteiger partial charge in [-0.3, -0.25) is 9.48 Å². The molecule has 2 aromatic heterocycles. The van der Waals surface area contributed by atoms with E-state index in [2.05, 4.69) is 15.5 Å². The van der Waals surface area contributed by atoms with Gasteiger partial charge in [-0.1, -0.05) is 23.7 Å². The number of para-hydroxylation sites is 1. The van der Waals surface area contributed by atoms with E-state index >= 15 is 0 Å². The van der Waals surface area contributed by atoms with Gasteiger partial charge in [0.2, 0.25) is 0 Å². The standard InChI is InChI=1S/C17H16ClN5O4/c1-22-15(17(25)26-2)13(9-19-22)20-16(24)12-7-8-23(21-12)10-27-14-6-4-3-5-11(14)18/h3-9H,10H2,1-2H3,(H,20,24). The van der Waals surface area contributed by atoms with Crippen molar-refractivity contribution in [2.45, 2.75) is 6.73 Å². The number of hydrogen-bond acceptors (Lipinski definition) is 6. The highest BCUT2D eigenvalue weighted by Gasteiger charge is 2.20. The van der Waals surface area contributed by atoms with Crippen LogP contribution in [0.1, 0.15) is 21.0 Å². The van der Waals surface area contributed by atoms with Gasteiger partial charge in [-0.15, -0.1) is 0 Å². The van der Waals surface area contributed by atoms with Crippen molar-refractivity contribution >= 4 is 29.2 Å². The van der Waals surface area contributed by atoms with E-state index in [4.69, 9.17) is 21.1 Å². The van der Waals surface area contributed by atoms with E-state index in [-0.39, 0.29) is 23.8 Å². The number of carbonyl (C=O) groups is 2. The molecule has 1 aromatic carbocycles. The molecule has 0 atom stereocenters. The maximum atomic E-state index is 12.4. The normalized spacial score (nSPS) is 10.5.